The molecule has 0 amide bonds. The molecule has 3 nitrogen and oxygen atoms in total. The molecule has 0 saturated heterocycles. The van der Waals surface area contributed by atoms with Crippen LogP contribution in [0.5, 0.6) is 0 Å². The van der Waals surface area contributed by atoms with Gasteiger partial charge in [0.2, 0.25) is 0 Å². The normalized spacial score (nSPS) is 12.2. The van der Waals surface area contributed by atoms with Crippen molar-refractivity contribution in [3.05, 3.63) is 22.8 Å². The Morgan fingerprint density at radius 1 is 1.69 bits per heavy atom. The predicted molar refractivity (Wildman–Crippen MR) is 68.5 cm³/mol. The van der Waals surface area contributed by atoms with Gasteiger partial charge < -0.3 is 4.74 Å². The second-order valence-corrected chi connectivity index (χ2v) is 5.51. The molecule has 1 rings (SSSR count). The van der Waals surface area contributed by atoms with Gasteiger partial charge in [0.15, 0.2) is 0 Å². The number of hydrogen-bond acceptors (Lipinski definition) is 4. The van der Waals surface area contributed by atoms with E-state index in [4.69, 9.17) is 4.74 Å². The summed E-state index contributed by atoms with van der Waals surface area (Å²) in [4.78, 5) is 15.5. The zero-order chi connectivity index (χ0) is 12.0. The van der Waals surface area contributed by atoms with Crippen LogP contribution < -0.4 is 0 Å². The second-order valence-electron chi connectivity index (χ2n) is 3.23. The lowest BCUT2D eigenvalue weighted by molar-refractivity contribution is -0.142. The number of halogens is 1. The van der Waals surface area contributed by atoms with Crippen molar-refractivity contribution in [2.75, 3.05) is 6.61 Å². The van der Waals surface area contributed by atoms with E-state index in [-0.39, 0.29) is 11.2 Å². The Hall–Kier alpha value is -0.550. The Kier molecular flexibility index (Phi) is 5.84. The SMILES string of the molecule is CCOC(=O)CC(C)Sc1ncccc1Br. The van der Waals surface area contributed by atoms with E-state index in [0.29, 0.717) is 13.0 Å². The smallest absolute Gasteiger partial charge is 0.306 e. The Bertz CT molecular complexity index is 360. The van der Waals surface area contributed by atoms with E-state index < -0.39 is 0 Å². The van der Waals surface area contributed by atoms with Gasteiger partial charge in [0.05, 0.1) is 13.0 Å². The number of thioether (sulfide) groups is 1. The third-order valence-electron chi connectivity index (χ3n) is 1.80. The molecule has 1 unspecified atom stereocenters. The summed E-state index contributed by atoms with van der Waals surface area (Å²) in [7, 11) is 0. The Balaban J connectivity index is 2.48. The highest BCUT2D eigenvalue weighted by Gasteiger charge is 2.13. The molecule has 0 aromatic carbocycles. The molecule has 5 heteroatoms. The average Bonchev–Trinajstić information content (AvgIpc) is 2.21. The van der Waals surface area contributed by atoms with Crippen LogP contribution in [-0.2, 0) is 9.53 Å². The summed E-state index contributed by atoms with van der Waals surface area (Å²) in [5.41, 5.74) is 0. The van der Waals surface area contributed by atoms with Crippen LogP contribution in [-0.4, -0.2) is 22.8 Å². The highest BCUT2D eigenvalue weighted by atomic mass is 79.9. The maximum absolute atomic E-state index is 11.3. The molecule has 0 fully saturated rings. The molecular formula is C11H14BrNO2S. The van der Waals surface area contributed by atoms with E-state index in [2.05, 4.69) is 20.9 Å². The monoisotopic (exact) mass is 303 g/mol. The zero-order valence-electron chi connectivity index (χ0n) is 9.27. The van der Waals surface area contributed by atoms with E-state index in [9.17, 15) is 4.79 Å². The van der Waals surface area contributed by atoms with Gasteiger partial charge in [0, 0.05) is 15.9 Å². The Labute approximate surface area is 108 Å². The van der Waals surface area contributed by atoms with E-state index in [0.717, 1.165) is 9.50 Å². The van der Waals surface area contributed by atoms with Gasteiger partial charge >= 0.3 is 5.97 Å². The first-order valence-corrected chi connectivity index (χ1v) is 6.73. The topological polar surface area (TPSA) is 39.2 Å². The molecule has 0 N–H and O–H groups in total. The standard InChI is InChI=1S/C11H14BrNO2S/c1-3-15-10(14)7-8(2)16-11-9(12)5-4-6-13-11/h4-6,8H,3,7H2,1-2H3. The van der Waals surface area contributed by atoms with Crippen molar-refractivity contribution in [2.45, 2.75) is 30.5 Å². The molecule has 0 spiro atoms. The molecule has 0 bridgehead atoms. The molecule has 1 aromatic heterocycles. The number of carbonyl (C=O) groups excluding carboxylic acids is 1. The summed E-state index contributed by atoms with van der Waals surface area (Å²) < 4.78 is 5.85. The van der Waals surface area contributed by atoms with Crippen LogP contribution in [0, 0.1) is 0 Å². The van der Waals surface area contributed by atoms with Gasteiger partial charge in [0.25, 0.3) is 0 Å². The van der Waals surface area contributed by atoms with Gasteiger partial charge in [-0.3, -0.25) is 4.79 Å². The highest BCUT2D eigenvalue weighted by Crippen LogP contribution is 2.29. The van der Waals surface area contributed by atoms with Crippen LogP contribution in [0.4, 0.5) is 0 Å². The molecule has 0 radical (unpaired) electrons. The predicted octanol–water partition coefficient (Wildman–Crippen LogP) is 3.28. The first kappa shape index (κ1) is 13.5. The fourth-order valence-electron chi connectivity index (χ4n) is 1.14. The molecule has 0 aliphatic rings. The number of carbonyl (C=O) groups is 1. The van der Waals surface area contributed by atoms with E-state index in [1.54, 1.807) is 18.0 Å². The van der Waals surface area contributed by atoms with Crippen LogP contribution in [0.2, 0.25) is 0 Å². The average molecular weight is 304 g/mol. The number of ether oxygens (including phenoxy) is 1. The van der Waals surface area contributed by atoms with Crippen molar-refractivity contribution in [3.63, 3.8) is 0 Å². The van der Waals surface area contributed by atoms with Crippen LogP contribution in [0.3, 0.4) is 0 Å². The van der Waals surface area contributed by atoms with E-state index in [1.807, 2.05) is 26.0 Å². The van der Waals surface area contributed by atoms with E-state index in [1.165, 1.54) is 0 Å². The summed E-state index contributed by atoms with van der Waals surface area (Å²) in [5, 5.41) is 1.06. The fourth-order valence-corrected chi connectivity index (χ4v) is 2.58. The molecule has 1 atom stereocenters. The molecule has 16 heavy (non-hydrogen) atoms. The molecular weight excluding hydrogens is 290 g/mol. The second kappa shape index (κ2) is 6.91. The minimum absolute atomic E-state index is 0.158. The minimum Gasteiger partial charge on any atom is -0.466 e. The first-order valence-electron chi connectivity index (χ1n) is 5.06. The number of rotatable bonds is 5. The summed E-state index contributed by atoms with van der Waals surface area (Å²) >= 11 is 4.99. The van der Waals surface area contributed by atoms with Crippen molar-refractivity contribution < 1.29 is 9.53 Å². The van der Waals surface area contributed by atoms with Crippen LogP contribution in [0.1, 0.15) is 20.3 Å². The van der Waals surface area contributed by atoms with Crippen LogP contribution >= 0.6 is 27.7 Å². The molecule has 0 aliphatic heterocycles. The zero-order valence-corrected chi connectivity index (χ0v) is 11.7. The summed E-state index contributed by atoms with van der Waals surface area (Å²) in [6, 6.07) is 3.80. The lowest BCUT2D eigenvalue weighted by Crippen LogP contribution is -2.10. The van der Waals surface area contributed by atoms with Gasteiger partial charge in [-0.15, -0.1) is 11.8 Å². The van der Waals surface area contributed by atoms with Gasteiger partial charge in [-0.25, -0.2) is 4.98 Å². The molecule has 0 saturated carbocycles. The van der Waals surface area contributed by atoms with Gasteiger partial charge in [-0.2, -0.15) is 0 Å². The quantitative estimate of drug-likeness (QED) is 0.618. The largest absolute Gasteiger partial charge is 0.466 e. The summed E-state index contributed by atoms with van der Waals surface area (Å²) in [6.45, 7) is 4.23. The number of aromatic nitrogens is 1. The third kappa shape index (κ3) is 4.53. The maximum atomic E-state index is 11.3. The first-order chi connectivity index (χ1) is 7.63. The lowest BCUT2D eigenvalue weighted by Gasteiger charge is -2.10. The highest BCUT2D eigenvalue weighted by molar-refractivity contribution is 9.10. The van der Waals surface area contributed by atoms with Crippen molar-refractivity contribution in [1.29, 1.82) is 0 Å². The fraction of sp³-hybridized carbons (Fsp3) is 0.455. The number of nitrogens with zero attached hydrogens (tertiary/aromatic N) is 1. The molecule has 1 aromatic rings. The third-order valence-corrected chi connectivity index (χ3v) is 3.82. The lowest BCUT2D eigenvalue weighted by atomic mass is 10.3. The van der Waals surface area contributed by atoms with Crippen LogP contribution in [0.25, 0.3) is 0 Å². The Morgan fingerprint density at radius 3 is 3.06 bits per heavy atom. The number of esters is 1. The van der Waals surface area contributed by atoms with Crippen molar-refractivity contribution in [1.82, 2.24) is 4.98 Å². The van der Waals surface area contributed by atoms with Crippen molar-refractivity contribution in [2.24, 2.45) is 0 Å². The summed E-state index contributed by atoms with van der Waals surface area (Å²) in [5.74, 6) is -0.158. The maximum Gasteiger partial charge on any atom is 0.306 e. The van der Waals surface area contributed by atoms with Crippen molar-refractivity contribution in [3.8, 4) is 0 Å². The van der Waals surface area contributed by atoms with Gasteiger partial charge in [-0.1, -0.05) is 6.92 Å². The van der Waals surface area contributed by atoms with Gasteiger partial charge in [-0.05, 0) is 35.0 Å². The van der Waals surface area contributed by atoms with Crippen LogP contribution in [0.15, 0.2) is 27.8 Å². The molecule has 0 aliphatic carbocycles. The minimum atomic E-state index is -0.158. The molecule has 88 valence electrons. The van der Waals surface area contributed by atoms with Gasteiger partial charge in [0.1, 0.15) is 5.03 Å². The van der Waals surface area contributed by atoms with Crippen molar-refractivity contribution >= 4 is 33.7 Å². The Morgan fingerprint density at radius 2 is 2.44 bits per heavy atom. The van der Waals surface area contributed by atoms with E-state index >= 15 is 0 Å². The summed E-state index contributed by atoms with van der Waals surface area (Å²) in [6.07, 6.45) is 2.14. The number of hydrogen-bond donors (Lipinski definition) is 0. The number of pyridine rings is 1. The molecule has 1 heterocycles.